The summed E-state index contributed by atoms with van der Waals surface area (Å²) in [5, 5.41) is 10.9. The molecule has 0 amide bonds. The Morgan fingerprint density at radius 2 is 1.80 bits per heavy atom. The summed E-state index contributed by atoms with van der Waals surface area (Å²) in [6, 6.07) is 14.2. The van der Waals surface area contributed by atoms with Gasteiger partial charge in [0, 0.05) is 6.07 Å². The maximum atomic E-state index is 12.5. The quantitative estimate of drug-likeness (QED) is 0.696. The van der Waals surface area contributed by atoms with Crippen LogP contribution in [0.5, 0.6) is 11.5 Å². The highest BCUT2D eigenvalue weighted by Crippen LogP contribution is 2.33. The van der Waals surface area contributed by atoms with Crippen LogP contribution in [0.4, 0.5) is 17.2 Å². The van der Waals surface area contributed by atoms with Crippen molar-refractivity contribution in [2.45, 2.75) is 0 Å². The fourth-order valence-corrected chi connectivity index (χ4v) is 2.28. The lowest BCUT2D eigenvalue weighted by Gasteiger charge is -2.05. The smallest absolute Gasteiger partial charge is 0.301 e. The van der Waals surface area contributed by atoms with Crippen LogP contribution in [0.1, 0.15) is 0 Å². The second-order valence-electron chi connectivity index (χ2n) is 5.09. The van der Waals surface area contributed by atoms with E-state index in [1.165, 1.54) is 11.8 Å². The minimum atomic E-state index is -0.394. The molecule has 0 saturated heterocycles. The highest BCUT2D eigenvalue weighted by atomic mass is 16.5. The second kappa shape index (κ2) is 6.91. The Hall–Kier alpha value is -3.55. The van der Waals surface area contributed by atoms with Crippen molar-refractivity contribution < 1.29 is 9.47 Å². The number of aromatic nitrogens is 2. The molecule has 0 fully saturated rings. The van der Waals surface area contributed by atoms with Gasteiger partial charge in [-0.25, -0.2) is 4.68 Å². The maximum Gasteiger partial charge on any atom is 0.301 e. The minimum absolute atomic E-state index is 0.0220. The van der Waals surface area contributed by atoms with Gasteiger partial charge in [0.25, 0.3) is 0 Å². The number of nitrogen functional groups attached to an aromatic ring is 1. The molecule has 0 aliphatic heterocycles. The number of nitrogens with one attached hydrogen (secondary N) is 1. The number of H-pyrrole nitrogens is 1. The molecular weight excluding hydrogens is 322 g/mol. The molecule has 0 unspecified atom stereocenters. The van der Waals surface area contributed by atoms with Gasteiger partial charge < -0.3 is 15.2 Å². The molecule has 8 heteroatoms. The third-order valence-corrected chi connectivity index (χ3v) is 3.55. The lowest BCUT2D eigenvalue weighted by Crippen LogP contribution is -2.13. The van der Waals surface area contributed by atoms with Gasteiger partial charge in [0.05, 0.1) is 19.9 Å². The fraction of sp³-hybridized carbons (Fsp3) is 0.118. The third-order valence-electron chi connectivity index (χ3n) is 3.55. The van der Waals surface area contributed by atoms with Crippen molar-refractivity contribution in [3.63, 3.8) is 0 Å². The van der Waals surface area contributed by atoms with E-state index >= 15 is 0 Å². The second-order valence-corrected chi connectivity index (χ2v) is 5.09. The molecule has 0 spiro atoms. The highest BCUT2D eigenvalue weighted by Gasteiger charge is 2.13. The average molecular weight is 339 g/mol. The van der Waals surface area contributed by atoms with Crippen molar-refractivity contribution in [3.05, 3.63) is 58.9 Å². The van der Waals surface area contributed by atoms with E-state index in [9.17, 15) is 4.79 Å². The number of ether oxygens (including phenoxy) is 2. The number of rotatable bonds is 5. The Morgan fingerprint density at radius 3 is 2.48 bits per heavy atom. The summed E-state index contributed by atoms with van der Waals surface area (Å²) >= 11 is 0. The zero-order chi connectivity index (χ0) is 17.8. The number of anilines is 1. The minimum Gasteiger partial charge on any atom is -0.497 e. The summed E-state index contributed by atoms with van der Waals surface area (Å²) in [7, 11) is 3.07. The number of nitrogens with zero attached hydrogens (tertiary/aromatic N) is 3. The Morgan fingerprint density at radius 1 is 1.04 bits per heavy atom. The van der Waals surface area contributed by atoms with E-state index < -0.39 is 5.56 Å². The van der Waals surface area contributed by atoms with E-state index in [1.54, 1.807) is 37.4 Å². The zero-order valence-electron chi connectivity index (χ0n) is 13.8. The Labute approximate surface area is 143 Å². The van der Waals surface area contributed by atoms with E-state index in [4.69, 9.17) is 15.2 Å². The number of para-hydroxylation sites is 1. The molecule has 1 aromatic heterocycles. The first-order valence-electron chi connectivity index (χ1n) is 7.43. The van der Waals surface area contributed by atoms with E-state index in [2.05, 4.69) is 15.3 Å². The predicted molar refractivity (Wildman–Crippen MR) is 94.5 cm³/mol. The lowest BCUT2D eigenvalue weighted by atomic mass is 10.3. The number of aromatic amines is 1. The summed E-state index contributed by atoms with van der Waals surface area (Å²) in [5.41, 5.74) is 6.59. The van der Waals surface area contributed by atoms with Crippen molar-refractivity contribution in [1.82, 2.24) is 9.78 Å². The van der Waals surface area contributed by atoms with Crippen LogP contribution in [0.25, 0.3) is 5.69 Å². The van der Waals surface area contributed by atoms with Crippen LogP contribution in [0, 0.1) is 0 Å². The molecule has 128 valence electrons. The van der Waals surface area contributed by atoms with Gasteiger partial charge in [-0.15, -0.1) is 10.2 Å². The van der Waals surface area contributed by atoms with Gasteiger partial charge in [-0.05, 0) is 24.3 Å². The van der Waals surface area contributed by atoms with Crippen molar-refractivity contribution >= 4 is 17.2 Å². The number of hydrogen-bond donors (Lipinski definition) is 2. The standard InChI is InChI=1S/C17H17N5O3/c1-24-12-8-9-14(25-2)13(10-12)19-20-15-16(18)21-22(17(15)23)11-6-4-3-5-7-11/h3-10,21H,18H2,1-2H3. The van der Waals surface area contributed by atoms with Gasteiger partial charge >= 0.3 is 5.56 Å². The summed E-state index contributed by atoms with van der Waals surface area (Å²) in [4.78, 5) is 12.5. The van der Waals surface area contributed by atoms with Gasteiger partial charge in [0.1, 0.15) is 23.0 Å². The SMILES string of the molecule is COc1ccc(OC)c(N=Nc2c(N)[nH]n(-c3ccccc3)c2=O)c1. The molecule has 0 aliphatic rings. The van der Waals surface area contributed by atoms with Crippen molar-refractivity contribution in [2.75, 3.05) is 20.0 Å². The molecule has 0 atom stereocenters. The molecule has 2 aromatic carbocycles. The molecule has 0 bridgehead atoms. The van der Waals surface area contributed by atoms with Crippen LogP contribution < -0.4 is 20.8 Å². The summed E-state index contributed by atoms with van der Waals surface area (Å²) in [6.45, 7) is 0. The van der Waals surface area contributed by atoms with Gasteiger partial charge in [0.2, 0.25) is 0 Å². The first-order chi connectivity index (χ1) is 12.1. The Balaban J connectivity index is 2.01. The van der Waals surface area contributed by atoms with Gasteiger partial charge in [-0.2, -0.15) is 0 Å². The normalized spacial score (nSPS) is 11.0. The number of azo groups is 1. The monoisotopic (exact) mass is 339 g/mol. The van der Waals surface area contributed by atoms with Crippen molar-refractivity contribution in [3.8, 4) is 17.2 Å². The summed E-state index contributed by atoms with van der Waals surface area (Å²) in [6.07, 6.45) is 0. The third kappa shape index (κ3) is 3.23. The van der Waals surface area contributed by atoms with Gasteiger partial charge in [-0.3, -0.25) is 9.89 Å². The van der Waals surface area contributed by atoms with E-state index in [1.807, 2.05) is 18.2 Å². The van der Waals surface area contributed by atoms with Crippen LogP contribution in [0.15, 0.2) is 63.6 Å². The van der Waals surface area contributed by atoms with Crippen molar-refractivity contribution in [2.24, 2.45) is 10.2 Å². The maximum absolute atomic E-state index is 12.5. The first-order valence-corrected chi connectivity index (χ1v) is 7.43. The number of hydrogen-bond acceptors (Lipinski definition) is 6. The highest BCUT2D eigenvalue weighted by molar-refractivity contribution is 5.59. The van der Waals surface area contributed by atoms with Crippen LogP contribution >= 0.6 is 0 Å². The molecule has 0 saturated carbocycles. The van der Waals surface area contributed by atoms with Gasteiger partial charge in [-0.1, -0.05) is 18.2 Å². The lowest BCUT2D eigenvalue weighted by molar-refractivity contribution is 0.404. The van der Waals surface area contributed by atoms with Crippen molar-refractivity contribution in [1.29, 1.82) is 0 Å². The molecule has 0 aliphatic carbocycles. The number of methoxy groups -OCH3 is 2. The van der Waals surface area contributed by atoms with Gasteiger partial charge in [0.15, 0.2) is 5.69 Å². The number of benzene rings is 2. The summed E-state index contributed by atoms with van der Waals surface area (Å²) in [5.74, 6) is 1.22. The Kier molecular flexibility index (Phi) is 4.51. The predicted octanol–water partition coefficient (Wildman–Crippen LogP) is 3.18. The van der Waals surface area contributed by atoms with Crippen LogP contribution in [-0.4, -0.2) is 24.0 Å². The molecule has 3 N–H and O–H groups in total. The molecule has 25 heavy (non-hydrogen) atoms. The molecular formula is C17H17N5O3. The number of nitrogens with two attached hydrogens (primary N) is 1. The zero-order valence-corrected chi connectivity index (χ0v) is 13.8. The molecule has 1 heterocycles. The molecule has 3 aromatic rings. The van der Waals surface area contributed by atoms with E-state index in [0.29, 0.717) is 22.9 Å². The fourth-order valence-electron chi connectivity index (χ4n) is 2.28. The Bertz CT molecular complexity index is 960. The largest absolute Gasteiger partial charge is 0.497 e. The first kappa shape index (κ1) is 16.3. The van der Waals surface area contributed by atoms with Crippen LogP contribution in [-0.2, 0) is 0 Å². The van der Waals surface area contributed by atoms with E-state index in [0.717, 1.165) is 0 Å². The van der Waals surface area contributed by atoms with Crippen LogP contribution in [0.2, 0.25) is 0 Å². The molecule has 0 radical (unpaired) electrons. The van der Waals surface area contributed by atoms with E-state index in [-0.39, 0.29) is 11.5 Å². The average Bonchev–Trinajstić information content (AvgIpc) is 2.94. The molecule has 3 rings (SSSR count). The van der Waals surface area contributed by atoms with Crippen LogP contribution in [0.3, 0.4) is 0 Å². The topological polar surface area (TPSA) is 107 Å². The summed E-state index contributed by atoms with van der Waals surface area (Å²) < 4.78 is 11.7. The molecule has 8 nitrogen and oxygen atoms in total.